The first-order valence-corrected chi connectivity index (χ1v) is 27.9. The van der Waals surface area contributed by atoms with Gasteiger partial charge in [-0.3, -0.25) is 9.69 Å². The number of benzene rings is 1. The molecule has 14 aliphatic rings. The normalized spacial score (nSPS) is 45.5. The number of carbonyl (C=O) groups is 2. The van der Waals surface area contributed by atoms with E-state index in [4.69, 9.17) is 15.2 Å². The molecule has 7 fully saturated rings. The zero-order valence-electron chi connectivity index (χ0n) is 39.9. The second-order valence-corrected chi connectivity index (χ2v) is 25.1. The van der Waals surface area contributed by atoms with Gasteiger partial charge in [0.1, 0.15) is 11.2 Å². The lowest BCUT2D eigenvalue weighted by atomic mass is 9.27. The number of nitrogens with zero attached hydrogens (tertiary/aromatic N) is 2. The number of piperidine rings is 3. The smallest absolute Gasteiger partial charge is 0.339 e. The van der Waals surface area contributed by atoms with Crippen molar-refractivity contribution < 1.29 is 24.2 Å². The van der Waals surface area contributed by atoms with Crippen LogP contribution in [0.25, 0.3) is 0 Å². The van der Waals surface area contributed by atoms with Gasteiger partial charge in [0.25, 0.3) is 0 Å². The van der Waals surface area contributed by atoms with Crippen LogP contribution in [-0.4, -0.2) is 64.6 Å². The van der Waals surface area contributed by atoms with Crippen LogP contribution in [0.5, 0.6) is 0 Å². The van der Waals surface area contributed by atoms with Crippen LogP contribution in [0.2, 0.25) is 0 Å². The standard InChI is InChI=1S/C59H73N3O5/c1-32-25-38-18-20-46-39-27-40-31-62(46)52(38)50-42-22-23-57-54(53(63)41-19-21-45(40)61(30-39)47(41)26-33-9-3-2-4-10-33)66-56(65)58(57)48(59(57)44-15-7-13-35(14-8-24-60)49(44)55(64)67-59)29-36(34-11-5-6-12-34)16-17-37(51(42)58)28-43(32)50/h7,13,15-18,20,32-34,36-37,39-41,43,45-48,50,63H,2-6,8-12,14,19,21-31,60H2,1H3. The van der Waals surface area contributed by atoms with Gasteiger partial charge in [0.2, 0.25) is 0 Å². The molecule has 4 saturated heterocycles. The highest BCUT2D eigenvalue weighted by Gasteiger charge is 2.94. The highest BCUT2D eigenvalue weighted by atomic mass is 16.6. The first-order chi connectivity index (χ1) is 32.8. The van der Waals surface area contributed by atoms with Crippen LogP contribution in [0.3, 0.4) is 0 Å². The van der Waals surface area contributed by atoms with Crippen molar-refractivity contribution >= 4 is 11.9 Å². The Hall–Kier alpha value is -3.62. The highest BCUT2D eigenvalue weighted by Crippen LogP contribution is 2.88. The molecule has 8 heteroatoms. The van der Waals surface area contributed by atoms with Crippen LogP contribution in [0.1, 0.15) is 150 Å². The topological polar surface area (TPSA) is 105 Å². The first-order valence-electron chi connectivity index (χ1n) is 27.9. The minimum Gasteiger partial charge on any atom is -0.508 e. The van der Waals surface area contributed by atoms with Gasteiger partial charge in [-0.15, -0.1) is 0 Å². The van der Waals surface area contributed by atoms with E-state index in [1.54, 1.807) is 11.3 Å². The molecule has 0 aromatic heterocycles. The number of hydrogen-bond acceptors (Lipinski definition) is 8. The number of ether oxygens (including phenoxy) is 2. The molecule has 15 atom stereocenters. The lowest BCUT2D eigenvalue weighted by molar-refractivity contribution is -0.282. The summed E-state index contributed by atoms with van der Waals surface area (Å²) in [6.45, 7) is 5.26. The molecule has 7 aliphatic heterocycles. The van der Waals surface area contributed by atoms with Gasteiger partial charge < -0.3 is 25.2 Å². The second kappa shape index (κ2) is 14.5. The molecular weight excluding hydrogens is 831 g/mol. The Morgan fingerprint density at radius 3 is 2.61 bits per heavy atom. The summed E-state index contributed by atoms with van der Waals surface area (Å²) in [5.41, 5.74) is 11.6. The van der Waals surface area contributed by atoms with E-state index in [-0.39, 0.29) is 47.6 Å². The van der Waals surface area contributed by atoms with Gasteiger partial charge in [-0.05, 0) is 154 Å². The molecule has 1 aromatic rings. The van der Waals surface area contributed by atoms with Crippen molar-refractivity contribution in [3.63, 3.8) is 0 Å². The fraction of sp³-hybridized carbons (Fsp3) is 0.695. The monoisotopic (exact) mass is 904 g/mol. The third-order valence-electron chi connectivity index (χ3n) is 22.8. The molecule has 0 amide bonds. The molecule has 1 aromatic carbocycles. The molecule has 15 rings (SSSR count). The van der Waals surface area contributed by atoms with Crippen molar-refractivity contribution in [2.75, 3.05) is 19.6 Å². The van der Waals surface area contributed by atoms with Crippen LogP contribution in [-0.2, 0) is 26.3 Å². The van der Waals surface area contributed by atoms with Crippen LogP contribution < -0.4 is 5.73 Å². The van der Waals surface area contributed by atoms with Gasteiger partial charge in [-0.2, -0.15) is 0 Å². The van der Waals surface area contributed by atoms with Crippen molar-refractivity contribution in [2.24, 2.45) is 81.7 Å². The Kier molecular flexibility index (Phi) is 8.90. The van der Waals surface area contributed by atoms with E-state index in [0.717, 1.165) is 75.6 Å². The number of aryl methyl sites for hydroxylation is 1. The van der Waals surface area contributed by atoms with E-state index in [1.165, 1.54) is 75.4 Å². The highest BCUT2D eigenvalue weighted by molar-refractivity contribution is 6.00. The summed E-state index contributed by atoms with van der Waals surface area (Å²) >= 11 is 0. The Morgan fingerprint density at radius 1 is 0.910 bits per heavy atom. The average Bonchev–Trinajstić information content (AvgIpc) is 4.05. The quantitative estimate of drug-likeness (QED) is 0.215. The number of aliphatic hydroxyl groups excluding tert-OH is 1. The van der Waals surface area contributed by atoms with Crippen molar-refractivity contribution in [1.29, 1.82) is 0 Å². The Morgan fingerprint density at radius 2 is 1.76 bits per heavy atom. The number of esters is 2. The average molecular weight is 904 g/mol. The van der Waals surface area contributed by atoms with Gasteiger partial charge in [-0.1, -0.05) is 99.9 Å². The third kappa shape index (κ3) is 4.99. The molecule has 67 heavy (non-hydrogen) atoms. The fourth-order valence-electron chi connectivity index (χ4n) is 20.5. The lowest BCUT2D eigenvalue weighted by Gasteiger charge is -2.73. The molecule has 7 bridgehead atoms. The largest absolute Gasteiger partial charge is 0.508 e. The number of fused-ring (bicyclic) bond motifs is 8. The molecule has 8 nitrogen and oxygen atoms in total. The van der Waals surface area contributed by atoms with Gasteiger partial charge >= 0.3 is 11.9 Å². The molecule has 15 unspecified atom stereocenters. The van der Waals surface area contributed by atoms with E-state index in [0.29, 0.717) is 84.1 Å². The van der Waals surface area contributed by atoms with Gasteiger partial charge in [-0.25, -0.2) is 4.79 Å². The summed E-state index contributed by atoms with van der Waals surface area (Å²) in [6.07, 6.45) is 32.0. The number of allylic oxidation sites excluding steroid dienone is 5. The minimum atomic E-state index is -1.14. The summed E-state index contributed by atoms with van der Waals surface area (Å²) in [6, 6.07) is 7.48. The van der Waals surface area contributed by atoms with Crippen molar-refractivity contribution in [3.8, 4) is 0 Å². The molecule has 354 valence electrons. The fourth-order valence-corrected chi connectivity index (χ4v) is 20.5. The Balaban J connectivity index is 1.03. The minimum absolute atomic E-state index is 0.0969. The third-order valence-corrected chi connectivity index (χ3v) is 22.8. The molecule has 3 saturated carbocycles. The summed E-state index contributed by atoms with van der Waals surface area (Å²) < 4.78 is 14.6. The van der Waals surface area contributed by atoms with E-state index < -0.39 is 16.4 Å². The Bertz CT molecular complexity index is 2510. The summed E-state index contributed by atoms with van der Waals surface area (Å²) in [5, 5.41) is 13.9. The molecule has 3 spiro atoms. The van der Waals surface area contributed by atoms with Crippen LogP contribution in [0.4, 0.5) is 0 Å². The van der Waals surface area contributed by atoms with Crippen molar-refractivity contribution in [3.05, 3.63) is 93.1 Å². The summed E-state index contributed by atoms with van der Waals surface area (Å²) in [7, 11) is 0. The SMILES string of the molecule is CC1CC2=C3C4C5=C6C(C=CC(C7CCCC7)CC7C68C(=O)OC(=C(O)C6CCC9C%10CC(CN9C6CC6CCCCC6)C(C=C2)N3C%10)C8(CC5)C72OC(=O)c3c(CCCN)cccc32)CC14. The zero-order chi connectivity index (χ0) is 44.7. The summed E-state index contributed by atoms with van der Waals surface area (Å²) in [5.74, 6) is 3.93. The number of nitrogens with two attached hydrogens (primary N) is 1. The molecular formula is C59H73N3O5. The van der Waals surface area contributed by atoms with E-state index >= 15 is 9.59 Å². The van der Waals surface area contributed by atoms with Crippen LogP contribution in [0.15, 0.2) is 76.4 Å². The molecule has 7 heterocycles. The maximum atomic E-state index is 16.4. The number of carbonyl (C=O) groups excluding carboxylic acids is 2. The predicted octanol–water partition coefficient (Wildman–Crippen LogP) is 10.6. The van der Waals surface area contributed by atoms with Crippen molar-refractivity contribution in [1.82, 2.24) is 9.80 Å². The van der Waals surface area contributed by atoms with Gasteiger partial charge in [0.15, 0.2) is 11.4 Å². The molecule has 0 radical (unpaired) electrons. The molecule has 3 N–H and O–H groups in total. The van der Waals surface area contributed by atoms with Gasteiger partial charge in [0, 0.05) is 54.2 Å². The Labute approximate surface area is 397 Å². The molecule has 7 aliphatic carbocycles. The number of rotatable bonds is 6. The maximum absolute atomic E-state index is 16.4. The zero-order valence-corrected chi connectivity index (χ0v) is 39.9. The van der Waals surface area contributed by atoms with Crippen LogP contribution in [0, 0.1) is 75.9 Å². The van der Waals surface area contributed by atoms with Crippen molar-refractivity contribution in [2.45, 2.75) is 159 Å². The van der Waals surface area contributed by atoms with E-state index in [1.807, 2.05) is 0 Å². The van der Waals surface area contributed by atoms with E-state index in [2.05, 4.69) is 59.2 Å². The number of hydrogen-bond donors (Lipinski definition) is 2. The predicted molar refractivity (Wildman–Crippen MR) is 256 cm³/mol. The van der Waals surface area contributed by atoms with Crippen LogP contribution >= 0.6 is 0 Å². The lowest BCUT2D eigenvalue weighted by Crippen LogP contribution is -2.78. The van der Waals surface area contributed by atoms with Gasteiger partial charge in [0.05, 0.1) is 17.0 Å². The second-order valence-electron chi connectivity index (χ2n) is 25.1. The summed E-state index contributed by atoms with van der Waals surface area (Å²) in [4.78, 5) is 37.5. The van der Waals surface area contributed by atoms with E-state index in [9.17, 15) is 5.11 Å². The first kappa shape index (κ1) is 41.2. The number of aliphatic hydroxyl groups is 1. The maximum Gasteiger partial charge on any atom is 0.339 e.